The van der Waals surface area contributed by atoms with Crippen molar-refractivity contribution in [1.29, 1.82) is 0 Å². The molecule has 0 aliphatic carbocycles. The molecule has 0 aromatic heterocycles. The minimum absolute atomic E-state index is 0.0459. The van der Waals surface area contributed by atoms with Crippen LogP contribution < -0.4 is 5.43 Å². The van der Waals surface area contributed by atoms with E-state index in [0.717, 1.165) is 11.1 Å². The second-order valence-corrected chi connectivity index (χ2v) is 7.74. The Hall–Kier alpha value is -3.72. The summed E-state index contributed by atoms with van der Waals surface area (Å²) in [5.41, 5.74) is 5.20. The summed E-state index contributed by atoms with van der Waals surface area (Å²) < 4.78 is 1.93. The number of benzene rings is 5. The summed E-state index contributed by atoms with van der Waals surface area (Å²) in [7, 11) is 0. The second-order valence-electron chi connectivity index (χ2n) is 7.74. The minimum atomic E-state index is -0.150. The fraction of sp³-hybridized carbons (Fsp3) is 0.0769. The van der Waals surface area contributed by atoms with Crippen LogP contribution in [-0.2, 0) is 4.79 Å². The van der Waals surface area contributed by atoms with Gasteiger partial charge in [-0.3, -0.25) is 4.79 Å². The van der Waals surface area contributed by atoms with Crippen LogP contribution in [0.5, 0.6) is 0 Å². The molecule has 1 atom stereocenters. The van der Waals surface area contributed by atoms with Crippen LogP contribution in [0.4, 0.5) is 0 Å². The molecule has 1 fully saturated rings. The number of hydrogen-bond donors (Lipinski definition) is 1. The zero-order valence-corrected chi connectivity index (χ0v) is 15.8. The van der Waals surface area contributed by atoms with Gasteiger partial charge in [-0.05, 0) is 43.9 Å². The molecule has 0 bridgehead atoms. The fourth-order valence-electron chi connectivity index (χ4n) is 4.64. The molecule has 1 aliphatic heterocycles. The first-order valence-corrected chi connectivity index (χ1v) is 9.91. The van der Waals surface area contributed by atoms with Gasteiger partial charge in [0.05, 0.1) is 0 Å². The molecule has 5 aromatic rings. The summed E-state index contributed by atoms with van der Waals surface area (Å²) in [5, 5.41) is 7.54. The third-order valence-electron chi connectivity index (χ3n) is 5.99. The smallest absolute Gasteiger partial charge is 0.268 e. The Morgan fingerprint density at radius 3 is 2.34 bits per heavy atom. The summed E-state index contributed by atoms with van der Waals surface area (Å²) in [6.07, 6.45) is 2.07. The Morgan fingerprint density at radius 2 is 1.52 bits per heavy atom. The predicted octanol–water partition coefficient (Wildman–Crippen LogP) is 4.84. The van der Waals surface area contributed by atoms with Crippen molar-refractivity contribution in [2.75, 3.05) is 6.54 Å². The van der Waals surface area contributed by atoms with E-state index in [0.29, 0.717) is 6.54 Å². The van der Waals surface area contributed by atoms with Crippen LogP contribution in [0.15, 0.2) is 84.9 Å². The lowest BCUT2D eigenvalue weighted by molar-refractivity contribution is -0.554. The molecular formula is C26H19N2O+. The number of rotatable bonds is 2. The molecule has 6 rings (SSSR count). The van der Waals surface area contributed by atoms with Crippen LogP contribution in [0, 0.1) is 0 Å². The van der Waals surface area contributed by atoms with E-state index in [2.05, 4.69) is 66.2 Å². The van der Waals surface area contributed by atoms with Crippen molar-refractivity contribution >= 4 is 44.4 Å². The molecule has 0 spiro atoms. The van der Waals surface area contributed by atoms with Gasteiger partial charge in [-0.1, -0.05) is 78.9 Å². The Kier molecular flexibility index (Phi) is 3.44. The van der Waals surface area contributed by atoms with Gasteiger partial charge in [-0.25, -0.2) is 0 Å². The summed E-state index contributed by atoms with van der Waals surface area (Å²) in [4.78, 5) is 12.6. The van der Waals surface area contributed by atoms with E-state index in [-0.39, 0.29) is 11.8 Å². The largest absolute Gasteiger partial charge is 0.288 e. The predicted molar refractivity (Wildman–Crippen MR) is 118 cm³/mol. The molecule has 1 amide bonds. The number of amides is 1. The van der Waals surface area contributed by atoms with Crippen molar-refractivity contribution in [3.05, 3.63) is 96.1 Å². The molecule has 0 saturated carbocycles. The molecule has 138 valence electrons. The highest BCUT2D eigenvalue weighted by atomic mass is 16.2. The van der Waals surface area contributed by atoms with Gasteiger partial charge in [0.2, 0.25) is 6.21 Å². The van der Waals surface area contributed by atoms with Crippen molar-refractivity contribution < 1.29 is 9.48 Å². The van der Waals surface area contributed by atoms with Crippen LogP contribution in [-0.4, -0.2) is 23.4 Å². The Balaban J connectivity index is 1.52. The van der Waals surface area contributed by atoms with E-state index >= 15 is 0 Å². The topological polar surface area (TPSA) is 32.1 Å². The van der Waals surface area contributed by atoms with Gasteiger partial charge in [-0.2, -0.15) is 0 Å². The lowest BCUT2D eigenvalue weighted by Crippen LogP contribution is -2.25. The van der Waals surface area contributed by atoms with Crippen LogP contribution in [0.2, 0.25) is 0 Å². The molecular weight excluding hydrogens is 356 g/mol. The van der Waals surface area contributed by atoms with Crippen molar-refractivity contribution in [2.24, 2.45) is 0 Å². The standard InChI is InChI=1S/C26H18N2O/c29-26-23(17-6-2-1-3-7-17)16-28(27-26)15-21-14-20-10-4-8-18-12-13-19-9-5-11-22(21)25(19)24(18)20/h1-15,23H,16H2/p+1/b28-15-/t23-/m1/s1. The molecule has 0 radical (unpaired) electrons. The van der Waals surface area contributed by atoms with Gasteiger partial charge >= 0.3 is 0 Å². The molecule has 1 heterocycles. The number of carbonyl (C=O) groups excluding carboxylic acids is 1. The van der Waals surface area contributed by atoms with Gasteiger partial charge in [0, 0.05) is 5.56 Å². The molecule has 1 aliphatic rings. The number of hydrazone groups is 1. The number of nitrogens with one attached hydrogen (secondary N) is 1. The first-order chi connectivity index (χ1) is 14.3. The maximum Gasteiger partial charge on any atom is 0.288 e. The van der Waals surface area contributed by atoms with E-state index in [1.807, 2.05) is 35.0 Å². The van der Waals surface area contributed by atoms with Gasteiger partial charge in [0.25, 0.3) is 5.91 Å². The highest BCUT2D eigenvalue weighted by Crippen LogP contribution is 2.36. The molecule has 29 heavy (non-hydrogen) atoms. The zero-order valence-electron chi connectivity index (χ0n) is 15.8. The Labute approximate surface area is 168 Å². The van der Waals surface area contributed by atoms with Gasteiger partial charge < -0.3 is 0 Å². The zero-order chi connectivity index (χ0) is 19.4. The SMILES string of the molecule is O=C1N/[N+](=C\c2cc3cccc4ccc5cccc2c5c43)C[C@@H]1c1ccccc1. The highest BCUT2D eigenvalue weighted by Gasteiger charge is 2.35. The van der Waals surface area contributed by atoms with E-state index in [1.165, 1.54) is 32.3 Å². The first-order valence-electron chi connectivity index (χ1n) is 9.91. The van der Waals surface area contributed by atoms with E-state index in [1.54, 1.807) is 0 Å². The van der Waals surface area contributed by atoms with Gasteiger partial charge in [-0.15, -0.1) is 10.1 Å². The van der Waals surface area contributed by atoms with Crippen molar-refractivity contribution in [3.63, 3.8) is 0 Å². The summed E-state index contributed by atoms with van der Waals surface area (Å²) in [6, 6.07) is 29.5. The summed E-state index contributed by atoms with van der Waals surface area (Å²) >= 11 is 0. The third kappa shape index (κ3) is 2.51. The van der Waals surface area contributed by atoms with Crippen LogP contribution >= 0.6 is 0 Å². The Bertz CT molecular complexity index is 1420. The normalized spacial score (nSPS) is 18.3. The molecule has 3 nitrogen and oxygen atoms in total. The number of nitrogens with zero attached hydrogens (tertiary/aromatic N) is 1. The highest BCUT2D eigenvalue weighted by molar-refractivity contribution is 6.25. The van der Waals surface area contributed by atoms with E-state index in [4.69, 9.17) is 0 Å². The summed E-state index contributed by atoms with van der Waals surface area (Å²) in [6.45, 7) is 0.627. The average Bonchev–Trinajstić information content (AvgIpc) is 3.13. The fourth-order valence-corrected chi connectivity index (χ4v) is 4.64. The maximum atomic E-state index is 12.6. The monoisotopic (exact) mass is 375 g/mol. The Morgan fingerprint density at radius 1 is 0.793 bits per heavy atom. The minimum Gasteiger partial charge on any atom is -0.268 e. The first kappa shape index (κ1) is 16.3. The van der Waals surface area contributed by atoms with Crippen molar-refractivity contribution in [1.82, 2.24) is 5.43 Å². The third-order valence-corrected chi connectivity index (χ3v) is 5.99. The molecule has 1 saturated heterocycles. The summed E-state index contributed by atoms with van der Waals surface area (Å²) in [5.74, 6) is -0.104. The molecule has 5 aromatic carbocycles. The number of hydrazine groups is 1. The average molecular weight is 375 g/mol. The maximum absolute atomic E-state index is 12.6. The number of carbonyl (C=O) groups is 1. The van der Waals surface area contributed by atoms with Gasteiger partial charge in [0.1, 0.15) is 5.92 Å². The lowest BCUT2D eigenvalue weighted by Gasteiger charge is -2.12. The van der Waals surface area contributed by atoms with Crippen molar-refractivity contribution in [2.45, 2.75) is 5.92 Å². The van der Waals surface area contributed by atoms with Crippen LogP contribution in [0.1, 0.15) is 17.0 Å². The second kappa shape index (κ2) is 6.14. The van der Waals surface area contributed by atoms with Crippen LogP contribution in [0.25, 0.3) is 32.3 Å². The molecule has 1 N–H and O–H groups in total. The van der Waals surface area contributed by atoms with Crippen LogP contribution in [0.3, 0.4) is 0 Å². The number of hydrogen-bond acceptors (Lipinski definition) is 1. The molecule has 3 heteroatoms. The quantitative estimate of drug-likeness (QED) is 0.347. The lowest BCUT2D eigenvalue weighted by atomic mass is 9.91. The van der Waals surface area contributed by atoms with Gasteiger partial charge in [0.15, 0.2) is 6.54 Å². The van der Waals surface area contributed by atoms with E-state index < -0.39 is 0 Å². The molecule has 0 unspecified atom stereocenters. The van der Waals surface area contributed by atoms with Crippen molar-refractivity contribution in [3.8, 4) is 0 Å². The van der Waals surface area contributed by atoms with E-state index in [9.17, 15) is 4.79 Å².